The van der Waals surface area contributed by atoms with Crippen molar-refractivity contribution in [1.29, 1.82) is 0 Å². The van der Waals surface area contributed by atoms with E-state index in [2.05, 4.69) is 44.8 Å². The summed E-state index contributed by atoms with van der Waals surface area (Å²) >= 11 is 0. The van der Waals surface area contributed by atoms with Gasteiger partial charge in [0.05, 0.1) is 0 Å². The molecular formula is C17H34N2. The summed E-state index contributed by atoms with van der Waals surface area (Å²) in [6.45, 7) is 14.3. The van der Waals surface area contributed by atoms with E-state index in [0.717, 1.165) is 23.9 Å². The van der Waals surface area contributed by atoms with Crippen molar-refractivity contribution in [3.63, 3.8) is 0 Å². The van der Waals surface area contributed by atoms with Gasteiger partial charge in [0, 0.05) is 30.7 Å². The van der Waals surface area contributed by atoms with Gasteiger partial charge in [0.1, 0.15) is 0 Å². The first-order valence-electron chi connectivity index (χ1n) is 8.45. The Morgan fingerprint density at radius 1 is 1.21 bits per heavy atom. The van der Waals surface area contributed by atoms with Crippen LogP contribution >= 0.6 is 0 Å². The Balaban J connectivity index is 2.14. The largest absolute Gasteiger partial charge is 0.309 e. The minimum Gasteiger partial charge on any atom is -0.309 e. The van der Waals surface area contributed by atoms with E-state index in [1.807, 2.05) is 0 Å². The Morgan fingerprint density at radius 2 is 1.89 bits per heavy atom. The third kappa shape index (κ3) is 3.52. The van der Waals surface area contributed by atoms with Gasteiger partial charge < -0.3 is 5.32 Å². The summed E-state index contributed by atoms with van der Waals surface area (Å²) in [4.78, 5) is 2.88. The number of nitrogens with zero attached hydrogens (tertiary/aromatic N) is 1. The van der Waals surface area contributed by atoms with Crippen molar-refractivity contribution in [2.75, 3.05) is 13.1 Å². The molecule has 1 saturated heterocycles. The molecule has 1 heterocycles. The first kappa shape index (κ1) is 15.3. The predicted molar refractivity (Wildman–Crippen MR) is 83.5 cm³/mol. The van der Waals surface area contributed by atoms with Crippen LogP contribution in [-0.2, 0) is 0 Å². The number of hydrogen-bond donors (Lipinski definition) is 1. The third-order valence-corrected chi connectivity index (χ3v) is 5.40. The van der Waals surface area contributed by atoms with Crippen LogP contribution in [-0.4, -0.2) is 35.6 Å². The van der Waals surface area contributed by atoms with Gasteiger partial charge in [-0.3, -0.25) is 4.90 Å². The molecule has 2 nitrogen and oxygen atoms in total. The standard InChI is InChI=1S/C17H34N2/c1-6-14-11-18-17(4,5)12-19(14)16-10-8-7-9-15(16)13(2)3/h13-16,18H,6-12H2,1-5H3. The summed E-state index contributed by atoms with van der Waals surface area (Å²) in [6.07, 6.45) is 7.04. The van der Waals surface area contributed by atoms with Gasteiger partial charge in [-0.05, 0) is 44.9 Å². The van der Waals surface area contributed by atoms with E-state index in [4.69, 9.17) is 0 Å². The van der Waals surface area contributed by atoms with Crippen molar-refractivity contribution >= 4 is 0 Å². The summed E-state index contributed by atoms with van der Waals surface area (Å²) in [6, 6.07) is 1.58. The van der Waals surface area contributed by atoms with Crippen molar-refractivity contribution in [2.45, 2.75) is 84.3 Å². The van der Waals surface area contributed by atoms with Crippen LogP contribution in [0.15, 0.2) is 0 Å². The van der Waals surface area contributed by atoms with Gasteiger partial charge >= 0.3 is 0 Å². The molecule has 3 unspecified atom stereocenters. The highest BCUT2D eigenvalue weighted by Gasteiger charge is 2.40. The fraction of sp³-hybridized carbons (Fsp3) is 1.00. The van der Waals surface area contributed by atoms with Gasteiger partial charge in [-0.15, -0.1) is 0 Å². The van der Waals surface area contributed by atoms with Crippen LogP contribution in [0.5, 0.6) is 0 Å². The average molecular weight is 266 g/mol. The quantitative estimate of drug-likeness (QED) is 0.838. The third-order valence-electron chi connectivity index (χ3n) is 5.40. The second kappa shape index (κ2) is 6.13. The molecule has 0 radical (unpaired) electrons. The monoisotopic (exact) mass is 266 g/mol. The fourth-order valence-electron chi connectivity index (χ4n) is 4.25. The maximum Gasteiger partial charge on any atom is 0.0253 e. The second-order valence-corrected chi connectivity index (χ2v) is 7.76. The van der Waals surface area contributed by atoms with E-state index in [9.17, 15) is 0 Å². The summed E-state index contributed by atoms with van der Waals surface area (Å²) in [7, 11) is 0. The lowest BCUT2D eigenvalue weighted by atomic mass is 9.75. The average Bonchev–Trinajstić information content (AvgIpc) is 2.37. The normalized spacial score (nSPS) is 36.6. The second-order valence-electron chi connectivity index (χ2n) is 7.76. The van der Waals surface area contributed by atoms with Crippen molar-refractivity contribution in [2.24, 2.45) is 11.8 Å². The molecule has 0 spiro atoms. The Hall–Kier alpha value is -0.0800. The molecule has 2 heteroatoms. The van der Waals surface area contributed by atoms with Crippen LogP contribution in [0.3, 0.4) is 0 Å². The number of rotatable bonds is 3. The smallest absolute Gasteiger partial charge is 0.0253 e. The van der Waals surface area contributed by atoms with E-state index >= 15 is 0 Å². The van der Waals surface area contributed by atoms with Gasteiger partial charge in [0.2, 0.25) is 0 Å². The van der Waals surface area contributed by atoms with Crippen molar-refractivity contribution < 1.29 is 0 Å². The SMILES string of the molecule is CCC1CNC(C)(C)CN1C1CCCCC1C(C)C. The Labute approximate surface area is 120 Å². The zero-order valence-corrected chi connectivity index (χ0v) is 13.7. The zero-order chi connectivity index (χ0) is 14.0. The van der Waals surface area contributed by atoms with Gasteiger partial charge in [-0.25, -0.2) is 0 Å². The van der Waals surface area contributed by atoms with Crippen molar-refractivity contribution in [3.05, 3.63) is 0 Å². The maximum atomic E-state index is 3.73. The molecule has 1 aliphatic carbocycles. The number of piperazine rings is 1. The van der Waals surface area contributed by atoms with Crippen LogP contribution < -0.4 is 5.32 Å². The van der Waals surface area contributed by atoms with E-state index in [1.54, 1.807) is 0 Å². The first-order chi connectivity index (χ1) is 8.94. The van der Waals surface area contributed by atoms with Crippen LogP contribution in [0.25, 0.3) is 0 Å². The number of hydrogen-bond acceptors (Lipinski definition) is 2. The lowest BCUT2D eigenvalue weighted by Crippen LogP contribution is -2.65. The van der Waals surface area contributed by atoms with Crippen molar-refractivity contribution in [1.82, 2.24) is 10.2 Å². The van der Waals surface area contributed by atoms with Crippen LogP contribution in [0.2, 0.25) is 0 Å². The highest BCUT2D eigenvalue weighted by atomic mass is 15.3. The predicted octanol–water partition coefficient (Wildman–Crippen LogP) is 3.66. The van der Waals surface area contributed by atoms with E-state index in [0.29, 0.717) is 0 Å². The molecule has 0 aromatic rings. The molecular weight excluding hydrogens is 232 g/mol. The van der Waals surface area contributed by atoms with Gasteiger partial charge in [0.25, 0.3) is 0 Å². The highest BCUT2D eigenvalue weighted by Crippen LogP contribution is 2.36. The molecule has 2 aliphatic rings. The Kier molecular flexibility index (Phi) is 4.94. The molecule has 3 atom stereocenters. The molecule has 112 valence electrons. The molecule has 1 aliphatic heterocycles. The van der Waals surface area contributed by atoms with Crippen LogP contribution in [0, 0.1) is 11.8 Å². The lowest BCUT2D eigenvalue weighted by molar-refractivity contribution is -0.00158. The van der Waals surface area contributed by atoms with Crippen LogP contribution in [0.4, 0.5) is 0 Å². The molecule has 19 heavy (non-hydrogen) atoms. The first-order valence-corrected chi connectivity index (χ1v) is 8.45. The zero-order valence-electron chi connectivity index (χ0n) is 13.7. The molecule has 0 amide bonds. The highest BCUT2D eigenvalue weighted by molar-refractivity contribution is 4.97. The van der Waals surface area contributed by atoms with Crippen LogP contribution in [0.1, 0.15) is 66.7 Å². The van der Waals surface area contributed by atoms with E-state index in [1.165, 1.54) is 45.2 Å². The van der Waals surface area contributed by atoms with Crippen molar-refractivity contribution in [3.8, 4) is 0 Å². The summed E-state index contributed by atoms with van der Waals surface area (Å²) in [5.41, 5.74) is 0.282. The van der Waals surface area contributed by atoms with Gasteiger partial charge in [-0.1, -0.05) is 33.6 Å². The molecule has 1 saturated carbocycles. The van der Waals surface area contributed by atoms with E-state index in [-0.39, 0.29) is 5.54 Å². The summed E-state index contributed by atoms with van der Waals surface area (Å²) in [5, 5.41) is 3.73. The lowest BCUT2D eigenvalue weighted by Gasteiger charge is -2.52. The fourth-order valence-corrected chi connectivity index (χ4v) is 4.25. The molecule has 0 aromatic carbocycles. The maximum absolute atomic E-state index is 3.73. The molecule has 2 fully saturated rings. The molecule has 0 bridgehead atoms. The summed E-state index contributed by atoms with van der Waals surface area (Å²) in [5.74, 6) is 1.75. The topological polar surface area (TPSA) is 15.3 Å². The minimum atomic E-state index is 0.282. The Bertz CT molecular complexity index is 285. The molecule has 0 aromatic heterocycles. The Morgan fingerprint density at radius 3 is 2.53 bits per heavy atom. The van der Waals surface area contributed by atoms with Gasteiger partial charge in [-0.2, -0.15) is 0 Å². The molecule has 2 rings (SSSR count). The molecule has 1 N–H and O–H groups in total. The number of nitrogens with one attached hydrogen (secondary N) is 1. The minimum absolute atomic E-state index is 0.282. The summed E-state index contributed by atoms with van der Waals surface area (Å²) < 4.78 is 0. The van der Waals surface area contributed by atoms with E-state index < -0.39 is 0 Å². The van der Waals surface area contributed by atoms with Gasteiger partial charge in [0.15, 0.2) is 0 Å².